The molecular formula is C18H23NO. The van der Waals surface area contributed by atoms with E-state index in [0.717, 1.165) is 25.3 Å². The van der Waals surface area contributed by atoms with E-state index in [1.165, 1.54) is 16.7 Å². The number of hydrogen-bond donors (Lipinski definition) is 0. The highest BCUT2D eigenvalue weighted by Gasteiger charge is 2.00. The van der Waals surface area contributed by atoms with Crippen LogP contribution in [-0.2, 0) is 0 Å². The molecule has 2 nitrogen and oxygen atoms in total. The average Bonchev–Trinajstić information content (AvgIpc) is 2.44. The van der Waals surface area contributed by atoms with Crippen molar-refractivity contribution in [3.63, 3.8) is 0 Å². The Hall–Kier alpha value is -1.80. The van der Waals surface area contributed by atoms with Gasteiger partial charge in [-0.15, -0.1) is 0 Å². The van der Waals surface area contributed by atoms with E-state index in [4.69, 9.17) is 4.74 Å². The summed E-state index contributed by atoms with van der Waals surface area (Å²) < 4.78 is 5.82. The average molecular weight is 269 g/mol. The minimum atomic E-state index is 0.759. The molecule has 2 rings (SSSR count). The molecule has 20 heavy (non-hydrogen) atoms. The SMILES string of the molecule is Cc1cccc(-c2cccc(OCCCN(C)C)c2)c1. The molecular weight excluding hydrogens is 246 g/mol. The molecule has 0 spiro atoms. The van der Waals surface area contributed by atoms with Gasteiger partial charge in [0.05, 0.1) is 6.61 Å². The van der Waals surface area contributed by atoms with E-state index in [0.29, 0.717) is 0 Å². The van der Waals surface area contributed by atoms with Crippen molar-refractivity contribution in [3.05, 3.63) is 54.1 Å². The van der Waals surface area contributed by atoms with Gasteiger partial charge in [-0.05, 0) is 50.7 Å². The Bertz CT molecular complexity index is 549. The molecule has 0 fully saturated rings. The van der Waals surface area contributed by atoms with Gasteiger partial charge in [0.2, 0.25) is 0 Å². The van der Waals surface area contributed by atoms with Gasteiger partial charge in [0.1, 0.15) is 5.75 Å². The van der Waals surface area contributed by atoms with Gasteiger partial charge in [-0.1, -0.05) is 42.0 Å². The summed E-state index contributed by atoms with van der Waals surface area (Å²) in [6, 6.07) is 16.9. The van der Waals surface area contributed by atoms with Crippen molar-refractivity contribution in [3.8, 4) is 16.9 Å². The summed E-state index contributed by atoms with van der Waals surface area (Å²) in [5, 5.41) is 0. The lowest BCUT2D eigenvalue weighted by molar-refractivity contribution is 0.281. The number of ether oxygens (including phenoxy) is 1. The second-order valence-corrected chi connectivity index (χ2v) is 5.40. The molecule has 0 aliphatic carbocycles. The molecule has 0 aromatic heterocycles. The Morgan fingerprint density at radius 2 is 1.65 bits per heavy atom. The van der Waals surface area contributed by atoms with Crippen molar-refractivity contribution in [1.82, 2.24) is 4.90 Å². The van der Waals surface area contributed by atoms with E-state index < -0.39 is 0 Å². The molecule has 0 saturated heterocycles. The predicted molar refractivity (Wildman–Crippen MR) is 85.3 cm³/mol. The summed E-state index contributed by atoms with van der Waals surface area (Å²) in [7, 11) is 4.16. The molecule has 2 heteroatoms. The van der Waals surface area contributed by atoms with Gasteiger partial charge >= 0.3 is 0 Å². The molecule has 0 bridgehead atoms. The van der Waals surface area contributed by atoms with Crippen molar-refractivity contribution in [1.29, 1.82) is 0 Å². The maximum absolute atomic E-state index is 5.82. The monoisotopic (exact) mass is 269 g/mol. The van der Waals surface area contributed by atoms with Crippen molar-refractivity contribution in [2.75, 3.05) is 27.2 Å². The lowest BCUT2D eigenvalue weighted by Gasteiger charge is -2.11. The van der Waals surface area contributed by atoms with Crippen LogP contribution in [0.1, 0.15) is 12.0 Å². The quantitative estimate of drug-likeness (QED) is 0.735. The number of rotatable bonds is 6. The molecule has 0 N–H and O–H groups in total. The lowest BCUT2D eigenvalue weighted by atomic mass is 10.0. The van der Waals surface area contributed by atoms with Crippen LogP contribution >= 0.6 is 0 Å². The molecule has 0 radical (unpaired) electrons. The van der Waals surface area contributed by atoms with Crippen LogP contribution in [0.15, 0.2) is 48.5 Å². The first kappa shape index (κ1) is 14.6. The molecule has 0 aliphatic rings. The second-order valence-electron chi connectivity index (χ2n) is 5.40. The van der Waals surface area contributed by atoms with Crippen molar-refractivity contribution >= 4 is 0 Å². The topological polar surface area (TPSA) is 12.5 Å². The Morgan fingerprint density at radius 3 is 2.35 bits per heavy atom. The standard InChI is InChI=1S/C18H23NO/c1-15-7-4-8-16(13-15)17-9-5-10-18(14-17)20-12-6-11-19(2)3/h4-5,7-10,13-14H,6,11-12H2,1-3H3. The summed E-state index contributed by atoms with van der Waals surface area (Å²) in [6.07, 6.45) is 1.04. The number of benzene rings is 2. The van der Waals surface area contributed by atoms with Crippen LogP contribution in [0.25, 0.3) is 11.1 Å². The first-order valence-electron chi connectivity index (χ1n) is 7.10. The van der Waals surface area contributed by atoms with Crippen LogP contribution in [0.5, 0.6) is 5.75 Å². The van der Waals surface area contributed by atoms with E-state index in [2.05, 4.69) is 68.4 Å². The summed E-state index contributed by atoms with van der Waals surface area (Å²) in [5.74, 6) is 0.947. The smallest absolute Gasteiger partial charge is 0.119 e. The van der Waals surface area contributed by atoms with Gasteiger partial charge in [0, 0.05) is 6.54 Å². The zero-order chi connectivity index (χ0) is 14.4. The fourth-order valence-corrected chi connectivity index (χ4v) is 2.16. The zero-order valence-electron chi connectivity index (χ0n) is 12.6. The van der Waals surface area contributed by atoms with Crippen molar-refractivity contribution in [2.24, 2.45) is 0 Å². The van der Waals surface area contributed by atoms with Crippen molar-refractivity contribution in [2.45, 2.75) is 13.3 Å². The molecule has 106 valence electrons. The Morgan fingerprint density at radius 1 is 0.950 bits per heavy atom. The van der Waals surface area contributed by atoms with Crippen LogP contribution in [0, 0.1) is 6.92 Å². The van der Waals surface area contributed by atoms with Crippen LogP contribution in [0.2, 0.25) is 0 Å². The molecule has 0 heterocycles. The number of hydrogen-bond acceptors (Lipinski definition) is 2. The first-order chi connectivity index (χ1) is 9.65. The van der Waals surface area contributed by atoms with E-state index in [9.17, 15) is 0 Å². The maximum atomic E-state index is 5.82. The fourth-order valence-electron chi connectivity index (χ4n) is 2.16. The van der Waals surface area contributed by atoms with Gasteiger partial charge in [0.25, 0.3) is 0 Å². The van der Waals surface area contributed by atoms with Gasteiger partial charge in [-0.2, -0.15) is 0 Å². The summed E-state index contributed by atoms with van der Waals surface area (Å²) in [4.78, 5) is 2.17. The number of aryl methyl sites for hydroxylation is 1. The van der Waals surface area contributed by atoms with Crippen LogP contribution in [-0.4, -0.2) is 32.1 Å². The number of nitrogens with zero attached hydrogens (tertiary/aromatic N) is 1. The zero-order valence-corrected chi connectivity index (χ0v) is 12.6. The van der Waals surface area contributed by atoms with Gasteiger partial charge in [-0.3, -0.25) is 0 Å². The van der Waals surface area contributed by atoms with Gasteiger partial charge in [0.15, 0.2) is 0 Å². The highest BCUT2D eigenvalue weighted by Crippen LogP contribution is 2.24. The largest absolute Gasteiger partial charge is 0.494 e. The second kappa shape index (κ2) is 7.11. The Balaban J connectivity index is 2.01. The molecule has 0 aliphatic heterocycles. The molecule has 0 amide bonds. The highest BCUT2D eigenvalue weighted by molar-refractivity contribution is 5.65. The Labute approximate surface area is 122 Å². The van der Waals surface area contributed by atoms with Crippen LogP contribution < -0.4 is 4.74 Å². The van der Waals surface area contributed by atoms with Crippen molar-refractivity contribution < 1.29 is 4.74 Å². The highest BCUT2D eigenvalue weighted by atomic mass is 16.5. The molecule has 0 atom stereocenters. The van der Waals surface area contributed by atoms with E-state index in [-0.39, 0.29) is 0 Å². The molecule has 0 unspecified atom stereocenters. The van der Waals surface area contributed by atoms with E-state index in [1.807, 2.05) is 6.07 Å². The summed E-state index contributed by atoms with van der Waals surface area (Å²) in [6.45, 7) is 3.93. The normalized spacial score (nSPS) is 10.8. The van der Waals surface area contributed by atoms with Crippen LogP contribution in [0.3, 0.4) is 0 Å². The lowest BCUT2D eigenvalue weighted by Crippen LogP contribution is -2.15. The first-order valence-corrected chi connectivity index (χ1v) is 7.10. The molecule has 2 aromatic carbocycles. The van der Waals surface area contributed by atoms with E-state index in [1.54, 1.807) is 0 Å². The summed E-state index contributed by atoms with van der Waals surface area (Å²) in [5.41, 5.74) is 3.72. The van der Waals surface area contributed by atoms with Gasteiger partial charge < -0.3 is 9.64 Å². The fraction of sp³-hybridized carbons (Fsp3) is 0.333. The molecule has 2 aromatic rings. The van der Waals surface area contributed by atoms with Crippen LogP contribution in [0.4, 0.5) is 0 Å². The summed E-state index contributed by atoms with van der Waals surface area (Å²) >= 11 is 0. The third-order valence-electron chi connectivity index (χ3n) is 3.20. The third kappa shape index (κ3) is 4.39. The Kier molecular flexibility index (Phi) is 5.19. The predicted octanol–water partition coefficient (Wildman–Crippen LogP) is 3.99. The maximum Gasteiger partial charge on any atom is 0.119 e. The third-order valence-corrected chi connectivity index (χ3v) is 3.20. The minimum absolute atomic E-state index is 0.759. The van der Waals surface area contributed by atoms with E-state index >= 15 is 0 Å². The molecule has 0 saturated carbocycles. The van der Waals surface area contributed by atoms with Gasteiger partial charge in [-0.25, -0.2) is 0 Å². The minimum Gasteiger partial charge on any atom is -0.494 e.